The third-order valence-corrected chi connectivity index (χ3v) is 6.64. The van der Waals surface area contributed by atoms with Crippen molar-refractivity contribution in [3.05, 3.63) is 71.8 Å². The van der Waals surface area contributed by atoms with Crippen molar-refractivity contribution < 1.29 is 27.5 Å². The number of ether oxygens (including phenoxy) is 1. The topological polar surface area (TPSA) is 122 Å². The van der Waals surface area contributed by atoms with Gasteiger partial charge in [0.15, 0.2) is 0 Å². The molecule has 0 aliphatic carbocycles. The first-order chi connectivity index (χ1) is 17.1. The normalized spacial score (nSPS) is 11.0. The smallest absolute Gasteiger partial charge is 0.341 e. The van der Waals surface area contributed by atoms with E-state index in [1.54, 1.807) is 37.3 Å². The summed E-state index contributed by atoms with van der Waals surface area (Å²) in [6.07, 6.45) is 1.02. The number of carbonyl (C=O) groups excluding carboxylic acids is 3. The number of nitrogens with one attached hydrogen (secondary N) is 2. The molecule has 0 saturated heterocycles. The van der Waals surface area contributed by atoms with Gasteiger partial charge in [0.1, 0.15) is 5.00 Å². The summed E-state index contributed by atoms with van der Waals surface area (Å²) < 4.78 is 30.4. The molecule has 36 heavy (non-hydrogen) atoms. The van der Waals surface area contributed by atoms with Crippen LogP contribution in [0.1, 0.15) is 22.8 Å². The van der Waals surface area contributed by atoms with Gasteiger partial charge >= 0.3 is 5.97 Å². The standard InChI is InChI=1S/C25H27N3O6S2/c1-4-34-25(31)20-15-21(18-10-6-5-7-11-18)35-24(20)26-22(29)16-28(2)23(30)14-17-9-8-12-19(13-17)27-36(3,32)33/h5-13,15,27H,4,14,16H2,1-3H3,(H,26,29). The SMILES string of the molecule is CCOC(=O)c1cc(-c2ccccc2)sc1NC(=O)CN(C)C(=O)Cc1cccc(NS(C)(=O)=O)c1. The average Bonchev–Trinajstić information content (AvgIpc) is 3.22. The third kappa shape index (κ3) is 7.65. The Hall–Kier alpha value is -3.70. The number of benzene rings is 2. The Kier molecular flexibility index (Phi) is 8.83. The minimum atomic E-state index is -3.44. The maximum Gasteiger partial charge on any atom is 0.341 e. The molecule has 0 spiro atoms. The van der Waals surface area contributed by atoms with Crippen molar-refractivity contribution in [2.45, 2.75) is 13.3 Å². The van der Waals surface area contributed by atoms with Gasteiger partial charge in [0, 0.05) is 17.6 Å². The number of nitrogens with zero attached hydrogens (tertiary/aromatic N) is 1. The van der Waals surface area contributed by atoms with Gasteiger partial charge in [-0.15, -0.1) is 11.3 Å². The first-order valence-electron chi connectivity index (χ1n) is 11.0. The Morgan fingerprint density at radius 1 is 1.03 bits per heavy atom. The highest BCUT2D eigenvalue weighted by atomic mass is 32.2. The second kappa shape index (κ2) is 11.8. The first kappa shape index (κ1) is 26.9. The highest BCUT2D eigenvalue weighted by Crippen LogP contribution is 2.36. The molecule has 3 rings (SSSR count). The van der Waals surface area contributed by atoms with Crippen LogP contribution in [0.15, 0.2) is 60.7 Å². The molecule has 11 heteroatoms. The minimum Gasteiger partial charge on any atom is -0.462 e. The van der Waals surface area contributed by atoms with E-state index in [2.05, 4.69) is 10.0 Å². The predicted molar refractivity (Wildman–Crippen MR) is 141 cm³/mol. The number of sulfonamides is 1. The molecule has 1 heterocycles. The summed E-state index contributed by atoms with van der Waals surface area (Å²) in [5, 5.41) is 3.08. The van der Waals surface area contributed by atoms with E-state index in [-0.39, 0.29) is 31.0 Å². The zero-order valence-electron chi connectivity index (χ0n) is 20.1. The van der Waals surface area contributed by atoms with E-state index in [1.165, 1.54) is 23.3 Å². The molecule has 3 aromatic rings. The molecule has 0 aliphatic rings. The molecule has 190 valence electrons. The fourth-order valence-corrected chi connectivity index (χ4v) is 4.95. The summed E-state index contributed by atoms with van der Waals surface area (Å²) in [5.41, 5.74) is 2.09. The van der Waals surface area contributed by atoms with Gasteiger partial charge < -0.3 is 15.0 Å². The number of likely N-dealkylation sites (N-methyl/N-ethyl adjacent to an activating group) is 1. The molecule has 0 saturated carbocycles. The second-order valence-corrected chi connectivity index (χ2v) is 10.8. The van der Waals surface area contributed by atoms with Crippen molar-refractivity contribution in [1.82, 2.24) is 4.90 Å². The molecule has 2 amide bonds. The lowest BCUT2D eigenvalue weighted by Gasteiger charge is -2.17. The van der Waals surface area contributed by atoms with Crippen molar-refractivity contribution in [1.29, 1.82) is 0 Å². The minimum absolute atomic E-state index is 0.0195. The van der Waals surface area contributed by atoms with Gasteiger partial charge in [-0.1, -0.05) is 42.5 Å². The number of esters is 1. The third-order valence-electron chi connectivity index (χ3n) is 4.93. The molecule has 1 aromatic heterocycles. The van der Waals surface area contributed by atoms with Gasteiger partial charge in [-0.2, -0.15) is 0 Å². The Morgan fingerprint density at radius 3 is 2.42 bits per heavy atom. The number of rotatable bonds is 10. The largest absolute Gasteiger partial charge is 0.462 e. The van der Waals surface area contributed by atoms with Gasteiger partial charge in [-0.3, -0.25) is 14.3 Å². The summed E-state index contributed by atoms with van der Waals surface area (Å²) in [4.78, 5) is 39.9. The fourth-order valence-electron chi connectivity index (χ4n) is 3.33. The summed E-state index contributed by atoms with van der Waals surface area (Å²) in [6, 6.07) is 17.6. The van der Waals surface area contributed by atoms with Crippen molar-refractivity contribution in [2.75, 3.05) is 36.5 Å². The van der Waals surface area contributed by atoms with E-state index < -0.39 is 21.9 Å². The summed E-state index contributed by atoms with van der Waals surface area (Å²) >= 11 is 1.25. The van der Waals surface area contributed by atoms with Crippen molar-refractivity contribution in [3.63, 3.8) is 0 Å². The van der Waals surface area contributed by atoms with Crippen LogP contribution >= 0.6 is 11.3 Å². The summed E-state index contributed by atoms with van der Waals surface area (Å²) in [5.74, 6) is -1.34. The van der Waals surface area contributed by atoms with Crippen molar-refractivity contribution >= 4 is 49.8 Å². The van der Waals surface area contributed by atoms with Crippen LogP contribution in [0.5, 0.6) is 0 Å². The lowest BCUT2D eigenvalue weighted by Crippen LogP contribution is -2.35. The lowest BCUT2D eigenvalue weighted by atomic mass is 10.1. The molecule has 2 N–H and O–H groups in total. The van der Waals surface area contributed by atoms with E-state index in [9.17, 15) is 22.8 Å². The Labute approximate surface area is 214 Å². The van der Waals surface area contributed by atoms with E-state index in [0.717, 1.165) is 16.7 Å². The number of carbonyl (C=O) groups is 3. The van der Waals surface area contributed by atoms with Crippen LogP contribution in [0, 0.1) is 0 Å². The molecule has 0 radical (unpaired) electrons. The molecule has 0 fully saturated rings. The van der Waals surface area contributed by atoms with Gasteiger partial charge in [0.25, 0.3) is 0 Å². The first-order valence-corrected chi connectivity index (χ1v) is 13.7. The van der Waals surface area contributed by atoms with Crippen LogP contribution in [-0.4, -0.2) is 57.6 Å². The molecule has 2 aromatic carbocycles. The van der Waals surface area contributed by atoms with Crippen LogP contribution in [0.25, 0.3) is 10.4 Å². The lowest BCUT2D eigenvalue weighted by molar-refractivity contribution is -0.132. The summed E-state index contributed by atoms with van der Waals surface area (Å²) in [7, 11) is -1.95. The summed E-state index contributed by atoms with van der Waals surface area (Å²) in [6.45, 7) is 1.66. The predicted octanol–water partition coefficient (Wildman–Crippen LogP) is 3.60. The Morgan fingerprint density at radius 2 is 1.75 bits per heavy atom. The molecule has 9 nitrogen and oxygen atoms in total. The Balaban J connectivity index is 1.68. The average molecular weight is 530 g/mol. The molecular weight excluding hydrogens is 502 g/mol. The monoisotopic (exact) mass is 529 g/mol. The van der Waals surface area contributed by atoms with Crippen LogP contribution in [0.2, 0.25) is 0 Å². The highest BCUT2D eigenvalue weighted by Gasteiger charge is 2.21. The zero-order chi connectivity index (χ0) is 26.3. The van der Waals surface area contributed by atoms with Gasteiger partial charge in [-0.05, 0) is 36.2 Å². The quantitative estimate of drug-likeness (QED) is 0.387. The van der Waals surface area contributed by atoms with Gasteiger partial charge in [0.2, 0.25) is 21.8 Å². The maximum absolute atomic E-state index is 12.7. The van der Waals surface area contributed by atoms with E-state index in [4.69, 9.17) is 4.74 Å². The number of hydrogen-bond acceptors (Lipinski definition) is 7. The van der Waals surface area contributed by atoms with Crippen LogP contribution in [0.4, 0.5) is 10.7 Å². The zero-order valence-corrected chi connectivity index (χ0v) is 21.7. The van der Waals surface area contributed by atoms with E-state index in [0.29, 0.717) is 16.3 Å². The molecule has 0 unspecified atom stereocenters. The van der Waals surface area contributed by atoms with E-state index in [1.807, 2.05) is 30.3 Å². The second-order valence-electron chi connectivity index (χ2n) is 7.99. The maximum atomic E-state index is 12.7. The molecular formula is C25H27N3O6S2. The fraction of sp³-hybridized carbons (Fsp3) is 0.240. The van der Waals surface area contributed by atoms with Crippen molar-refractivity contribution in [3.8, 4) is 10.4 Å². The molecule has 0 atom stereocenters. The molecule has 0 bridgehead atoms. The van der Waals surface area contributed by atoms with Crippen LogP contribution in [-0.2, 0) is 30.8 Å². The number of hydrogen-bond donors (Lipinski definition) is 2. The van der Waals surface area contributed by atoms with E-state index >= 15 is 0 Å². The van der Waals surface area contributed by atoms with Gasteiger partial charge in [0.05, 0.1) is 31.4 Å². The van der Waals surface area contributed by atoms with Crippen LogP contribution in [0.3, 0.4) is 0 Å². The Bertz CT molecular complexity index is 1350. The van der Waals surface area contributed by atoms with Crippen molar-refractivity contribution in [2.24, 2.45) is 0 Å². The number of anilines is 2. The number of amides is 2. The highest BCUT2D eigenvalue weighted by molar-refractivity contribution is 7.92. The van der Waals surface area contributed by atoms with Crippen LogP contribution < -0.4 is 10.0 Å². The molecule has 0 aliphatic heterocycles. The van der Waals surface area contributed by atoms with Gasteiger partial charge in [-0.25, -0.2) is 13.2 Å². The number of thiophene rings is 1.